The Kier molecular flexibility index (Phi) is 4.25. The summed E-state index contributed by atoms with van der Waals surface area (Å²) in [5.41, 5.74) is 6.15. The van der Waals surface area contributed by atoms with Gasteiger partial charge in [-0.15, -0.1) is 11.3 Å². The molecule has 3 rings (SSSR count). The Morgan fingerprint density at radius 2 is 2.17 bits per heavy atom. The second-order valence-electron chi connectivity index (χ2n) is 4.57. The van der Waals surface area contributed by atoms with Crippen molar-refractivity contribution in [3.8, 4) is 0 Å². The molecule has 0 aliphatic rings. The number of carbonyl (C=O) groups excluding carboxylic acids is 1. The Balaban J connectivity index is 1.82. The molecule has 0 fully saturated rings. The number of aromatic nitrogens is 2. The van der Waals surface area contributed by atoms with Crippen molar-refractivity contribution in [2.45, 2.75) is 6.61 Å². The lowest BCUT2D eigenvalue weighted by Crippen LogP contribution is -2.14. The smallest absolute Gasteiger partial charge is 0.340 e. The van der Waals surface area contributed by atoms with Gasteiger partial charge < -0.3 is 15.5 Å². The van der Waals surface area contributed by atoms with E-state index >= 15 is 0 Å². The van der Waals surface area contributed by atoms with Crippen molar-refractivity contribution >= 4 is 56.4 Å². The summed E-state index contributed by atoms with van der Waals surface area (Å²) < 4.78 is 5.64. The number of nitrogen functional groups attached to an aromatic ring is 1. The predicted molar refractivity (Wildman–Crippen MR) is 90.2 cm³/mol. The number of carbonyl (C=O) groups is 1. The Bertz CT molecular complexity index is 968. The van der Waals surface area contributed by atoms with E-state index < -0.39 is 5.97 Å². The molecule has 0 atom stereocenters. The second-order valence-corrected chi connectivity index (χ2v) is 6.33. The number of nitrogens with one attached hydrogen (secondary N) is 1. The number of rotatable bonds is 3. The standard InChI is InChI=1S/C14H9Cl2N3O3S/c15-6-3-7(11(17)8(16)4-6)14(21)22-5-10-18-9-1-2-23-12(9)13(20)19-10/h1-4H,5,17H2,(H,18,19,20). The van der Waals surface area contributed by atoms with E-state index in [-0.39, 0.29) is 39.3 Å². The van der Waals surface area contributed by atoms with Crippen LogP contribution in [0, 0.1) is 0 Å². The average molecular weight is 370 g/mol. The molecule has 9 heteroatoms. The van der Waals surface area contributed by atoms with Crippen molar-refractivity contribution < 1.29 is 9.53 Å². The summed E-state index contributed by atoms with van der Waals surface area (Å²) >= 11 is 13.0. The lowest BCUT2D eigenvalue weighted by atomic mass is 10.2. The molecule has 2 heterocycles. The lowest BCUT2D eigenvalue weighted by Gasteiger charge is -2.08. The summed E-state index contributed by atoms with van der Waals surface area (Å²) in [7, 11) is 0. The van der Waals surface area contributed by atoms with Gasteiger partial charge in [-0.25, -0.2) is 9.78 Å². The van der Waals surface area contributed by atoms with Crippen molar-refractivity contribution in [2.75, 3.05) is 5.73 Å². The van der Waals surface area contributed by atoms with Crippen LogP contribution in [0.4, 0.5) is 5.69 Å². The van der Waals surface area contributed by atoms with E-state index in [0.717, 1.165) is 0 Å². The van der Waals surface area contributed by atoms with Gasteiger partial charge in [0.15, 0.2) is 0 Å². The number of halogens is 2. The summed E-state index contributed by atoms with van der Waals surface area (Å²) in [5.74, 6) is -0.471. The third-order valence-electron chi connectivity index (χ3n) is 3.02. The van der Waals surface area contributed by atoms with Crippen LogP contribution in [-0.4, -0.2) is 15.9 Å². The van der Waals surface area contributed by atoms with Crippen molar-refractivity contribution in [3.63, 3.8) is 0 Å². The first-order valence-corrected chi connectivity index (χ1v) is 7.97. The second kappa shape index (κ2) is 6.19. The van der Waals surface area contributed by atoms with E-state index in [0.29, 0.717) is 10.2 Å². The number of benzene rings is 1. The fraction of sp³-hybridized carbons (Fsp3) is 0.0714. The molecule has 0 saturated carbocycles. The van der Waals surface area contributed by atoms with Gasteiger partial charge in [0.25, 0.3) is 5.56 Å². The van der Waals surface area contributed by atoms with Crippen LogP contribution in [0.1, 0.15) is 16.2 Å². The fourth-order valence-electron chi connectivity index (χ4n) is 1.96. The first kappa shape index (κ1) is 15.8. The van der Waals surface area contributed by atoms with E-state index in [2.05, 4.69) is 9.97 Å². The SMILES string of the molecule is Nc1c(Cl)cc(Cl)cc1C(=O)OCc1nc2ccsc2c(=O)[nH]1. The molecule has 0 radical (unpaired) electrons. The summed E-state index contributed by atoms with van der Waals surface area (Å²) in [5, 5.41) is 2.19. The number of H-pyrrole nitrogens is 1. The van der Waals surface area contributed by atoms with E-state index in [1.165, 1.54) is 23.5 Å². The van der Waals surface area contributed by atoms with Gasteiger partial charge >= 0.3 is 5.97 Å². The van der Waals surface area contributed by atoms with Crippen LogP contribution < -0.4 is 11.3 Å². The normalized spacial score (nSPS) is 10.9. The van der Waals surface area contributed by atoms with Gasteiger partial charge in [-0.3, -0.25) is 4.79 Å². The minimum Gasteiger partial charge on any atom is -0.454 e. The molecule has 0 amide bonds. The zero-order valence-electron chi connectivity index (χ0n) is 11.4. The predicted octanol–water partition coefficient (Wildman–Crippen LogP) is 3.23. The number of thiophene rings is 1. The molecule has 6 nitrogen and oxygen atoms in total. The van der Waals surface area contributed by atoms with Crippen LogP contribution in [-0.2, 0) is 11.3 Å². The fourth-order valence-corrected chi connectivity index (χ4v) is 3.17. The summed E-state index contributed by atoms with van der Waals surface area (Å²) in [6, 6.07) is 4.51. The highest BCUT2D eigenvalue weighted by molar-refractivity contribution is 7.17. The van der Waals surface area contributed by atoms with Gasteiger partial charge in [-0.1, -0.05) is 23.2 Å². The maximum Gasteiger partial charge on any atom is 0.340 e. The Labute approximate surface area is 143 Å². The largest absolute Gasteiger partial charge is 0.454 e. The monoisotopic (exact) mass is 369 g/mol. The van der Waals surface area contributed by atoms with Gasteiger partial charge in [0, 0.05) is 5.02 Å². The summed E-state index contributed by atoms with van der Waals surface area (Å²) in [6.45, 7) is -0.205. The van der Waals surface area contributed by atoms with Gasteiger partial charge in [-0.2, -0.15) is 0 Å². The maximum atomic E-state index is 12.1. The van der Waals surface area contributed by atoms with Crippen molar-refractivity contribution in [1.29, 1.82) is 0 Å². The van der Waals surface area contributed by atoms with Crippen LogP contribution >= 0.6 is 34.5 Å². The lowest BCUT2D eigenvalue weighted by molar-refractivity contribution is 0.0463. The summed E-state index contributed by atoms with van der Waals surface area (Å²) in [4.78, 5) is 30.7. The molecule has 0 saturated heterocycles. The molecule has 0 aliphatic heterocycles. The molecule has 2 aromatic heterocycles. The molecule has 23 heavy (non-hydrogen) atoms. The number of anilines is 1. The zero-order chi connectivity index (χ0) is 16.6. The number of aromatic amines is 1. The third-order valence-corrected chi connectivity index (χ3v) is 4.45. The molecular weight excluding hydrogens is 361 g/mol. The van der Waals surface area contributed by atoms with Crippen molar-refractivity contribution in [3.05, 3.63) is 55.4 Å². The topological polar surface area (TPSA) is 98.1 Å². The Morgan fingerprint density at radius 1 is 1.39 bits per heavy atom. The van der Waals surface area contributed by atoms with Crippen LogP contribution in [0.25, 0.3) is 10.2 Å². The van der Waals surface area contributed by atoms with Gasteiger partial charge in [0.1, 0.15) is 17.1 Å². The van der Waals surface area contributed by atoms with Crippen LogP contribution in [0.5, 0.6) is 0 Å². The van der Waals surface area contributed by atoms with Crippen LogP contribution in [0.15, 0.2) is 28.4 Å². The van der Waals surface area contributed by atoms with E-state index in [9.17, 15) is 9.59 Å². The van der Waals surface area contributed by atoms with E-state index in [1.807, 2.05) is 0 Å². The molecular formula is C14H9Cl2N3O3S. The molecule has 0 bridgehead atoms. The first-order valence-electron chi connectivity index (χ1n) is 6.33. The number of hydrogen-bond acceptors (Lipinski definition) is 6. The minimum atomic E-state index is -0.708. The molecule has 118 valence electrons. The number of esters is 1. The molecule has 0 unspecified atom stereocenters. The van der Waals surface area contributed by atoms with E-state index in [1.54, 1.807) is 11.4 Å². The Hall–Kier alpha value is -2.09. The minimum absolute atomic E-state index is 0.0569. The highest BCUT2D eigenvalue weighted by Crippen LogP contribution is 2.28. The van der Waals surface area contributed by atoms with Crippen molar-refractivity contribution in [2.24, 2.45) is 0 Å². The average Bonchev–Trinajstić information content (AvgIpc) is 2.97. The summed E-state index contributed by atoms with van der Waals surface area (Å²) in [6.07, 6.45) is 0. The number of ether oxygens (including phenoxy) is 1. The molecule has 3 aromatic rings. The highest BCUT2D eigenvalue weighted by Gasteiger charge is 2.16. The number of nitrogens with two attached hydrogens (primary N) is 1. The zero-order valence-corrected chi connectivity index (χ0v) is 13.8. The van der Waals surface area contributed by atoms with Gasteiger partial charge in [0.2, 0.25) is 0 Å². The molecule has 0 spiro atoms. The van der Waals surface area contributed by atoms with Crippen LogP contribution in [0.3, 0.4) is 0 Å². The third kappa shape index (κ3) is 3.17. The molecule has 3 N–H and O–H groups in total. The Morgan fingerprint density at radius 3 is 2.96 bits per heavy atom. The van der Waals surface area contributed by atoms with Gasteiger partial charge in [-0.05, 0) is 23.6 Å². The molecule has 0 aliphatic carbocycles. The van der Waals surface area contributed by atoms with E-state index in [4.69, 9.17) is 33.7 Å². The van der Waals surface area contributed by atoms with Crippen LogP contribution in [0.2, 0.25) is 10.0 Å². The number of fused-ring (bicyclic) bond motifs is 1. The van der Waals surface area contributed by atoms with Gasteiger partial charge in [0.05, 0.1) is 21.8 Å². The number of hydrogen-bond donors (Lipinski definition) is 2. The maximum absolute atomic E-state index is 12.1. The quantitative estimate of drug-likeness (QED) is 0.545. The first-order chi connectivity index (χ1) is 11.0. The highest BCUT2D eigenvalue weighted by atomic mass is 35.5. The molecule has 1 aromatic carbocycles. The van der Waals surface area contributed by atoms with Crippen molar-refractivity contribution in [1.82, 2.24) is 9.97 Å². The number of nitrogens with zero attached hydrogens (tertiary/aromatic N) is 1.